The van der Waals surface area contributed by atoms with Crippen LogP contribution in [0.2, 0.25) is 0 Å². The van der Waals surface area contributed by atoms with Gasteiger partial charge in [-0.25, -0.2) is 15.0 Å². The molecule has 1 aliphatic heterocycles. The molecule has 1 unspecified atom stereocenters. The number of rotatable bonds is 10. The van der Waals surface area contributed by atoms with Crippen molar-refractivity contribution >= 4 is 28.4 Å². The highest BCUT2D eigenvalue weighted by Gasteiger charge is 2.23. The second-order valence-corrected chi connectivity index (χ2v) is 10.2. The van der Waals surface area contributed by atoms with Crippen LogP contribution in [0, 0.1) is 12.8 Å². The van der Waals surface area contributed by atoms with Crippen molar-refractivity contribution in [3.63, 3.8) is 0 Å². The summed E-state index contributed by atoms with van der Waals surface area (Å²) in [5.41, 5.74) is 4.62. The molecule has 206 valence electrons. The van der Waals surface area contributed by atoms with E-state index in [2.05, 4.69) is 66.1 Å². The van der Waals surface area contributed by atoms with Crippen LogP contribution in [0.25, 0.3) is 11.0 Å². The van der Waals surface area contributed by atoms with Gasteiger partial charge in [0.15, 0.2) is 17.4 Å². The minimum Gasteiger partial charge on any atom is -0.489 e. The highest BCUT2D eigenvalue weighted by molar-refractivity contribution is 5.90. The third-order valence-electron chi connectivity index (χ3n) is 6.68. The van der Waals surface area contributed by atoms with Crippen LogP contribution >= 0.6 is 0 Å². The predicted octanol–water partition coefficient (Wildman–Crippen LogP) is 7.91. The Kier molecular flexibility index (Phi) is 9.58. The van der Waals surface area contributed by atoms with E-state index in [1.54, 1.807) is 6.33 Å². The summed E-state index contributed by atoms with van der Waals surface area (Å²) in [6.07, 6.45) is 13.1. The molecule has 1 atom stereocenters. The summed E-state index contributed by atoms with van der Waals surface area (Å²) in [6, 6.07) is 8.03. The monoisotopic (exact) mass is 527 g/mol. The van der Waals surface area contributed by atoms with E-state index < -0.39 is 0 Å². The Balaban J connectivity index is 1.59. The molecule has 0 amide bonds. The summed E-state index contributed by atoms with van der Waals surface area (Å²) in [4.78, 5) is 16.4. The van der Waals surface area contributed by atoms with Crippen molar-refractivity contribution in [2.75, 3.05) is 29.9 Å². The quantitative estimate of drug-likeness (QED) is 0.212. The summed E-state index contributed by atoms with van der Waals surface area (Å²) in [5.74, 6) is 4.36. The fourth-order valence-corrected chi connectivity index (χ4v) is 4.57. The van der Waals surface area contributed by atoms with Crippen LogP contribution in [-0.2, 0) is 0 Å². The van der Waals surface area contributed by atoms with E-state index in [0.29, 0.717) is 18.3 Å². The molecule has 2 aromatic heterocycles. The second-order valence-electron chi connectivity index (χ2n) is 10.2. The SMILES string of the molecule is C\C=C(/C=C\C(C)=C\CC)Oc1ccc(Nc2ncnc3cc4c(nc23)N(CCCC)CC(C)CO4)cc1C. The topological polar surface area (TPSA) is 72.4 Å². The highest BCUT2D eigenvalue weighted by atomic mass is 16.5. The Morgan fingerprint density at radius 2 is 2.05 bits per heavy atom. The standard InChI is InChI=1S/C32H41N5O2/c1-7-10-16-37-19-23(5)20-38-29-18-27-30(36-32(29)37)31(34-21-33-27)35-25-13-15-28(24(6)17-25)39-26(9-3)14-12-22(4)11-8-2/h9,11-15,17-18,21,23H,7-8,10,16,19-20H2,1-6H3,(H,33,34,35)/b14-12-,22-11+,26-9+. The fraction of sp³-hybridized carbons (Fsp3) is 0.406. The molecule has 1 N–H and O–H groups in total. The molecule has 1 aromatic carbocycles. The Labute approximate surface area is 232 Å². The normalized spacial score (nSPS) is 16.3. The molecule has 0 bridgehead atoms. The van der Waals surface area contributed by atoms with Crippen LogP contribution in [0.15, 0.2) is 66.2 Å². The largest absolute Gasteiger partial charge is 0.489 e. The molecular formula is C32H41N5O2. The molecule has 0 spiro atoms. The molecule has 3 heterocycles. The lowest BCUT2D eigenvalue weighted by Crippen LogP contribution is -2.30. The third kappa shape index (κ3) is 7.16. The summed E-state index contributed by atoms with van der Waals surface area (Å²) < 4.78 is 12.3. The summed E-state index contributed by atoms with van der Waals surface area (Å²) in [5, 5.41) is 3.46. The minimum atomic E-state index is 0.418. The van der Waals surface area contributed by atoms with Crippen molar-refractivity contribution < 1.29 is 9.47 Å². The average Bonchev–Trinajstić information content (AvgIpc) is 3.08. The van der Waals surface area contributed by atoms with Gasteiger partial charge in [0.2, 0.25) is 0 Å². The average molecular weight is 528 g/mol. The summed E-state index contributed by atoms with van der Waals surface area (Å²) in [6.45, 7) is 15.2. The number of anilines is 3. The number of nitrogens with one attached hydrogen (secondary N) is 1. The maximum Gasteiger partial charge on any atom is 0.172 e. The lowest BCUT2D eigenvalue weighted by molar-refractivity contribution is 0.273. The highest BCUT2D eigenvalue weighted by Crippen LogP contribution is 2.35. The molecule has 7 heteroatoms. The van der Waals surface area contributed by atoms with Gasteiger partial charge in [-0.05, 0) is 69.5 Å². The summed E-state index contributed by atoms with van der Waals surface area (Å²) in [7, 11) is 0. The minimum absolute atomic E-state index is 0.418. The van der Waals surface area contributed by atoms with Gasteiger partial charge in [0.1, 0.15) is 23.4 Å². The van der Waals surface area contributed by atoms with E-state index in [4.69, 9.17) is 14.5 Å². The van der Waals surface area contributed by atoms with Gasteiger partial charge in [-0.15, -0.1) is 0 Å². The smallest absolute Gasteiger partial charge is 0.172 e. The molecule has 3 aromatic rings. The van der Waals surface area contributed by atoms with Crippen molar-refractivity contribution in [3.05, 3.63) is 71.8 Å². The molecule has 0 radical (unpaired) electrons. The van der Waals surface area contributed by atoms with Gasteiger partial charge in [-0.3, -0.25) is 0 Å². The van der Waals surface area contributed by atoms with E-state index >= 15 is 0 Å². The molecule has 0 saturated heterocycles. The first kappa shape index (κ1) is 28.1. The number of allylic oxidation sites excluding steroid dienone is 5. The predicted molar refractivity (Wildman–Crippen MR) is 161 cm³/mol. The van der Waals surface area contributed by atoms with Crippen LogP contribution in [0.4, 0.5) is 17.3 Å². The third-order valence-corrected chi connectivity index (χ3v) is 6.68. The van der Waals surface area contributed by atoms with E-state index in [-0.39, 0.29) is 0 Å². The fourth-order valence-electron chi connectivity index (χ4n) is 4.57. The van der Waals surface area contributed by atoms with Gasteiger partial charge in [-0.2, -0.15) is 0 Å². The number of benzene rings is 1. The number of nitrogens with zero attached hydrogens (tertiary/aromatic N) is 4. The number of aryl methyl sites for hydroxylation is 1. The number of hydrogen-bond donors (Lipinski definition) is 1. The molecule has 0 saturated carbocycles. The van der Waals surface area contributed by atoms with Crippen LogP contribution in [0.3, 0.4) is 0 Å². The Morgan fingerprint density at radius 3 is 2.79 bits per heavy atom. The Bertz CT molecular complexity index is 1380. The van der Waals surface area contributed by atoms with Gasteiger partial charge in [-0.1, -0.05) is 44.9 Å². The Hall–Kier alpha value is -3.87. The number of pyridine rings is 1. The van der Waals surface area contributed by atoms with Gasteiger partial charge >= 0.3 is 0 Å². The van der Waals surface area contributed by atoms with Crippen molar-refractivity contribution in [2.45, 2.75) is 60.8 Å². The van der Waals surface area contributed by atoms with Gasteiger partial charge in [0, 0.05) is 30.8 Å². The lowest BCUT2D eigenvalue weighted by Gasteiger charge is -2.24. The lowest BCUT2D eigenvalue weighted by atomic mass is 10.2. The molecule has 7 nitrogen and oxygen atoms in total. The van der Waals surface area contributed by atoms with Gasteiger partial charge < -0.3 is 19.7 Å². The zero-order chi connectivity index (χ0) is 27.8. The van der Waals surface area contributed by atoms with Crippen molar-refractivity contribution in [1.29, 1.82) is 0 Å². The maximum atomic E-state index is 6.19. The van der Waals surface area contributed by atoms with E-state index in [0.717, 1.165) is 77.7 Å². The van der Waals surface area contributed by atoms with Crippen molar-refractivity contribution in [3.8, 4) is 11.5 Å². The molecule has 1 aliphatic rings. The molecular weight excluding hydrogens is 486 g/mol. The summed E-state index contributed by atoms with van der Waals surface area (Å²) >= 11 is 0. The van der Waals surface area contributed by atoms with Crippen LogP contribution < -0.4 is 19.7 Å². The van der Waals surface area contributed by atoms with Gasteiger partial charge in [0.25, 0.3) is 0 Å². The number of fused-ring (bicyclic) bond motifs is 2. The molecule has 0 fully saturated rings. The van der Waals surface area contributed by atoms with E-state index in [9.17, 15) is 0 Å². The first-order chi connectivity index (χ1) is 18.9. The first-order valence-electron chi connectivity index (χ1n) is 14.0. The first-order valence-corrected chi connectivity index (χ1v) is 14.0. The van der Waals surface area contributed by atoms with Crippen LogP contribution in [0.5, 0.6) is 11.5 Å². The molecule has 0 aliphatic carbocycles. The molecule has 4 rings (SSSR count). The van der Waals surface area contributed by atoms with E-state index in [1.807, 2.05) is 44.2 Å². The zero-order valence-electron chi connectivity index (χ0n) is 24.1. The van der Waals surface area contributed by atoms with Gasteiger partial charge in [0.05, 0.1) is 12.1 Å². The van der Waals surface area contributed by atoms with Crippen LogP contribution in [0.1, 0.15) is 59.4 Å². The number of unbranched alkanes of at least 4 members (excludes halogenated alkanes) is 1. The van der Waals surface area contributed by atoms with Crippen molar-refractivity contribution in [2.24, 2.45) is 5.92 Å². The Morgan fingerprint density at radius 1 is 1.21 bits per heavy atom. The number of aromatic nitrogens is 3. The van der Waals surface area contributed by atoms with Crippen LogP contribution in [-0.4, -0.2) is 34.6 Å². The van der Waals surface area contributed by atoms with E-state index in [1.165, 1.54) is 5.57 Å². The second kappa shape index (κ2) is 13.3. The number of hydrogen-bond acceptors (Lipinski definition) is 7. The zero-order valence-corrected chi connectivity index (χ0v) is 24.1. The molecule has 39 heavy (non-hydrogen) atoms. The maximum absolute atomic E-state index is 6.19. The number of ether oxygens (including phenoxy) is 2. The van der Waals surface area contributed by atoms with Crippen molar-refractivity contribution in [1.82, 2.24) is 15.0 Å².